The Bertz CT molecular complexity index is 1000. The molecule has 30 heavy (non-hydrogen) atoms. The first-order chi connectivity index (χ1) is 14.2. The summed E-state index contributed by atoms with van der Waals surface area (Å²) in [5, 5.41) is 23.6. The summed E-state index contributed by atoms with van der Waals surface area (Å²) in [6.45, 7) is -0.00504. The molecular weight excluding hydrogens is 398 g/mol. The van der Waals surface area contributed by atoms with Gasteiger partial charge < -0.3 is 35.6 Å². The number of rotatable bonds is 7. The average molecular weight is 423 g/mol. The van der Waals surface area contributed by atoms with E-state index in [2.05, 4.69) is 20.3 Å². The maximum absolute atomic E-state index is 12.1. The van der Waals surface area contributed by atoms with Crippen LogP contribution in [-0.2, 0) is 14.3 Å². The number of nitrogens with one attached hydrogen (secondary N) is 2. The Morgan fingerprint density at radius 3 is 2.93 bits per heavy atom. The number of aromatic nitrogens is 4. The molecule has 1 saturated heterocycles. The lowest BCUT2D eigenvalue weighted by Crippen LogP contribution is -2.36. The number of aliphatic hydroxyl groups excluding tert-OH is 2. The third-order valence-electron chi connectivity index (χ3n) is 4.54. The second-order valence-electron chi connectivity index (χ2n) is 6.99. The van der Waals surface area contributed by atoms with E-state index in [1.54, 1.807) is 19.0 Å². The minimum atomic E-state index is -1.27. The number of H-pyrrole nitrogens is 1. The van der Waals surface area contributed by atoms with E-state index < -0.39 is 30.1 Å². The normalized spacial score (nSPS) is 24.3. The van der Waals surface area contributed by atoms with Crippen LogP contribution < -0.4 is 16.6 Å². The van der Waals surface area contributed by atoms with Gasteiger partial charge in [0.1, 0.15) is 24.1 Å². The van der Waals surface area contributed by atoms with Gasteiger partial charge >= 0.3 is 0 Å². The molecule has 3 rings (SSSR count). The van der Waals surface area contributed by atoms with Crippen LogP contribution in [0.5, 0.6) is 0 Å². The van der Waals surface area contributed by atoms with Crippen molar-refractivity contribution in [1.82, 2.24) is 29.7 Å². The lowest BCUT2D eigenvalue weighted by atomic mass is 10.1. The zero-order valence-electron chi connectivity index (χ0n) is 16.8. The Morgan fingerprint density at radius 1 is 1.53 bits per heavy atom. The lowest BCUT2D eigenvalue weighted by Gasteiger charge is -2.22. The van der Waals surface area contributed by atoms with E-state index in [0.29, 0.717) is 0 Å². The number of hydrogen-bond donors (Lipinski definition) is 5. The van der Waals surface area contributed by atoms with E-state index in [1.165, 1.54) is 24.1 Å². The van der Waals surface area contributed by atoms with Gasteiger partial charge in [0.2, 0.25) is 11.9 Å². The first-order valence-electron chi connectivity index (χ1n) is 9.18. The van der Waals surface area contributed by atoms with Crippen LogP contribution in [0.1, 0.15) is 12.6 Å². The third kappa shape index (κ3) is 4.22. The van der Waals surface area contributed by atoms with Crippen molar-refractivity contribution >= 4 is 23.0 Å². The van der Waals surface area contributed by atoms with E-state index in [1.807, 2.05) is 0 Å². The molecule has 164 valence electrons. The van der Waals surface area contributed by atoms with Crippen LogP contribution in [0.2, 0.25) is 0 Å². The molecule has 1 aliphatic heterocycles. The first kappa shape index (κ1) is 21.5. The standard InChI is InChI=1S/C17H25N7O6/c1-19-9(26)4-5-29-13-11(27)12(8(25)6-23(2)3)30-16(13)24-7-20-10-14(24)21-17(18)22-15(10)28/h6-7,11-13,16,25,27H,4-5H2,1-3H3,(H,19,26)(H3,18,21,22,28)/t11-,12-,13-,16-/m1/s1. The van der Waals surface area contributed by atoms with Gasteiger partial charge in [0.05, 0.1) is 12.9 Å². The Hall–Kier alpha value is -3.16. The summed E-state index contributed by atoms with van der Waals surface area (Å²) < 4.78 is 13.0. The van der Waals surface area contributed by atoms with E-state index in [4.69, 9.17) is 15.2 Å². The fraction of sp³-hybridized carbons (Fsp3) is 0.529. The van der Waals surface area contributed by atoms with Gasteiger partial charge in [-0.05, 0) is 0 Å². The monoisotopic (exact) mass is 423 g/mol. The number of nitrogen functional groups attached to an aromatic ring is 1. The van der Waals surface area contributed by atoms with E-state index in [0.717, 1.165) is 0 Å². The number of hydrogen-bond acceptors (Lipinski definition) is 10. The highest BCUT2D eigenvalue weighted by Gasteiger charge is 2.48. The quantitative estimate of drug-likeness (QED) is 0.327. The molecule has 2 aromatic heterocycles. The summed E-state index contributed by atoms with van der Waals surface area (Å²) in [6, 6.07) is 0. The van der Waals surface area contributed by atoms with Crippen molar-refractivity contribution in [3.05, 3.63) is 28.6 Å². The van der Waals surface area contributed by atoms with Gasteiger partial charge in [-0.3, -0.25) is 19.1 Å². The van der Waals surface area contributed by atoms with Gasteiger partial charge in [-0.15, -0.1) is 0 Å². The van der Waals surface area contributed by atoms with Crippen LogP contribution in [0.3, 0.4) is 0 Å². The summed E-state index contributed by atoms with van der Waals surface area (Å²) >= 11 is 0. The Kier molecular flexibility index (Phi) is 6.24. The molecule has 1 aliphatic rings. The number of anilines is 1. The van der Waals surface area contributed by atoms with E-state index in [9.17, 15) is 19.8 Å². The summed E-state index contributed by atoms with van der Waals surface area (Å²) in [6.07, 6.45) is -1.60. The van der Waals surface area contributed by atoms with E-state index >= 15 is 0 Å². The van der Waals surface area contributed by atoms with Gasteiger partial charge in [0, 0.05) is 33.8 Å². The number of aromatic amines is 1. The van der Waals surface area contributed by atoms with Gasteiger partial charge in [-0.2, -0.15) is 4.98 Å². The molecule has 13 heteroatoms. The lowest BCUT2D eigenvalue weighted by molar-refractivity contribution is -0.123. The van der Waals surface area contributed by atoms with Crippen molar-refractivity contribution in [2.75, 3.05) is 33.5 Å². The molecule has 0 unspecified atom stereocenters. The predicted molar refractivity (Wildman–Crippen MR) is 105 cm³/mol. The molecular formula is C17H25N7O6. The molecule has 2 aromatic rings. The number of amides is 1. The highest BCUT2D eigenvalue weighted by molar-refractivity contribution is 5.75. The molecule has 0 aliphatic carbocycles. The molecule has 0 bridgehead atoms. The number of nitrogens with zero attached hydrogens (tertiary/aromatic N) is 4. The largest absolute Gasteiger partial charge is 0.508 e. The summed E-state index contributed by atoms with van der Waals surface area (Å²) in [7, 11) is 4.91. The molecule has 0 aromatic carbocycles. The average Bonchev–Trinajstić information content (AvgIpc) is 3.22. The number of nitrogens with two attached hydrogens (primary N) is 1. The summed E-state index contributed by atoms with van der Waals surface area (Å²) in [5.74, 6) is -0.567. The van der Waals surface area contributed by atoms with Gasteiger partial charge in [-0.1, -0.05) is 0 Å². The number of carbonyl (C=O) groups excluding carboxylic acids is 1. The SMILES string of the molecule is CNC(=O)CCO[C@@H]1[C@H](O)[C@@H](C(O)=CN(C)C)O[C@H]1n1cnc2c(=O)[nH]c(N)nc21. The van der Waals surface area contributed by atoms with Crippen LogP contribution in [0.4, 0.5) is 5.95 Å². The van der Waals surface area contributed by atoms with Crippen LogP contribution in [0.25, 0.3) is 11.2 Å². The topological polar surface area (TPSA) is 181 Å². The van der Waals surface area contributed by atoms with Crippen molar-refractivity contribution in [1.29, 1.82) is 0 Å². The number of fused-ring (bicyclic) bond motifs is 1. The molecule has 0 spiro atoms. The van der Waals surface area contributed by atoms with Gasteiger partial charge in [0.25, 0.3) is 5.56 Å². The molecule has 1 fully saturated rings. The van der Waals surface area contributed by atoms with Crippen molar-refractivity contribution in [3.63, 3.8) is 0 Å². The number of imidazole rings is 1. The molecule has 1 amide bonds. The van der Waals surface area contributed by atoms with Crippen molar-refractivity contribution in [2.24, 2.45) is 0 Å². The number of carbonyl (C=O) groups is 1. The zero-order chi connectivity index (χ0) is 22.0. The molecule has 3 heterocycles. The third-order valence-corrected chi connectivity index (χ3v) is 4.54. The number of aliphatic hydroxyl groups is 2. The maximum Gasteiger partial charge on any atom is 0.280 e. The predicted octanol–water partition coefficient (Wildman–Crippen LogP) is -1.56. The Morgan fingerprint density at radius 2 is 2.27 bits per heavy atom. The molecule has 0 radical (unpaired) electrons. The zero-order valence-corrected chi connectivity index (χ0v) is 16.8. The summed E-state index contributed by atoms with van der Waals surface area (Å²) in [4.78, 5) is 35.7. The van der Waals surface area contributed by atoms with Gasteiger partial charge in [-0.25, -0.2) is 4.98 Å². The van der Waals surface area contributed by atoms with Crippen LogP contribution in [0.15, 0.2) is 23.1 Å². The van der Waals surface area contributed by atoms with Gasteiger partial charge in [0.15, 0.2) is 17.4 Å². The second-order valence-corrected chi connectivity index (χ2v) is 6.99. The first-order valence-corrected chi connectivity index (χ1v) is 9.18. The highest BCUT2D eigenvalue weighted by Crippen LogP contribution is 2.35. The fourth-order valence-corrected chi connectivity index (χ4v) is 3.18. The maximum atomic E-state index is 12.1. The fourth-order valence-electron chi connectivity index (χ4n) is 3.18. The smallest absolute Gasteiger partial charge is 0.280 e. The molecule has 0 saturated carbocycles. The van der Waals surface area contributed by atoms with Crippen molar-refractivity contribution < 1.29 is 24.5 Å². The second kappa shape index (κ2) is 8.69. The van der Waals surface area contributed by atoms with Crippen molar-refractivity contribution in [3.8, 4) is 0 Å². The van der Waals surface area contributed by atoms with Crippen LogP contribution >= 0.6 is 0 Å². The van der Waals surface area contributed by atoms with E-state index in [-0.39, 0.29) is 41.8 Å². The summed E-state index contributed by atoms with van der Waals surface area (Å²) in [5.41, 5.74) is 5.28. The molecule has 13 nitrogen and oxygen atoms in total. The minimum absolute atomic E-state index is 0.00504. The molecule has 4 atom stereocenters. The van der Waals surface area contributed by atoms with Crippen LogP contribution in [0, 0.1) is 0 Å². The Balaban J connectivity index is 1.96. The Labute approximate surface area is 171 Å². The highest BCUT2D eigenvalue weighted by atomic mass is 16.6. The van der Waals surface area contributed by atoms with Crippen molar-refractivity contribution in [2.45, 2.75) is 31.0 Å². The van der Waals surface area contributed by atoms with Crippen LogP contribution in [-0.4, -0.2) is 86.6 Å². The molecule has 6 N–H and O–H groups in total. The minimum Gasteiger partial charge on any atom is -0.508 e. The number of ether oxygens (including phenoxy) is 2.